The van der Waals surface area contributed by atoms with E-state index in [9.17, 15) is 0 Å². The number of hydrogen-bond donors (Lipinski definition) is 0. The molecule has 88 valence electrons. The van der Waals surface area contributed by atoms with Crippen molar-refractivity contribution in [1.29, 1.82) is 0 Å². The van der Waals surface area contributed by atoms with Crippen molar-refractivity contribution >= 4 is 6.08 Å². The lowest BCUT2D eigenvalue weighted by Gasteiger charge is -2.22. The summed E-state index contributed by atoms with van der Waals surface area (Å²) in [6, 6.07) is 7.83. The zero-order valence-electron chi connectivity index (χ0n) is 10.3. The zero-order valence-corrected chi connectivity index (χ0v) is 10.3. The molecule has 0 spiro atoms. The molecule has 0 aliphatic rings. The highest BCUT2D eigenvalue weighted by Gasteiger charge is 2.14. The summed E-state index contributed by atoms with van der Waals surface area (Å²) in [5.41, 5.74) is 1.09. The largest absolute Gasteiger partial charge is 0.465 e. The molecule has 0 bridgehead atoms. The summed E-state index contributed by atoms with van der Waals surface area (Å²) in [6.07, 6.45) is 1.63. The van der Waals surface area contributed by atoms with E-state index in [2.05, 4.69) is 20.4 Å². The minimum absolute atomic E-state index is 0.181. The van der Waals surface area contributed by atoms with E-state index < -0.39 is 0 Å². The fourth-order valence-corrected chi connectivity index (χ4v) is 1.34. The molecule has 1 unspecified atom stereocenters. The molecule has 0 radical (unpaired) electrons. The highest BCUT2D eigenvalue weighted by atomic mass is 16.7. The lowest BCUT2D eigenvalue weighted by molar-refractivity contribution is -0.103. The molecule has 0 aliphatic heterocycles. The molecule has 1 aromatic rings. The smallest absolute Gasteiger partial charge is 0.202 e. The van der Waals surface area contributed by atoms with Gasteiger partial charge in [0.15, 0.2) is 0 Å². The van der Waals surface area contributed by atoms with Gasteiger partial charge in [-0.15, -0.1) is 0 Å². The van der Waals surface area contributed by atoms with Crippen molar-refractivity contribution in [2.75, 3.05) is 6.61 Å². The molecule has 16 heavy (non-hydrogen) atoms. The molecular formula is C14H20O2. The number of ether oxygens (including phenoxy) is 2. The van der Waals surface area contributed by atoms with Gasteiger partial charge in [-0.05, 0) is 24.6 Å². The molecule has 1 rings (SSSR count). The first-order chi connectivity index (χ1) is 7.67. The molecule has 1 aromatic carbocycles. The van der Waals surface area contributed by atoms with Crippen molar-refractivity contribution in [3.05, 3.63) is 36.4 Å². The maximum atomic E-state index is 5.76. The summed E-state index contributed by atoms with van der Waals surface area (Å²) in [4.78, 5) is 0. The van der Waals surface area contributed by atoms with Gasteiger partial charge in [-0.25, -0.2) is 0 Å². The number of benzene rings is 1. The van der Waals surface area contributed by atoms with E-state index in [1.165, 1.54) is 0 Å². The van der Waals surface area contributed by atoms with Crippen molar-refractivity contribution in [3.8, 4) is 5.75 Å². The number of hydrogen-bond acceptors (Lipinski definition) is 2. The Bertz CT molecular complexity index is 314. The summed E-state index contributed by atoms with van der Waals surface area (Å²) >= 11 is 0. The highest BCUT2D eigenvalue weighted by molar-refractivity contribution is 5.48. The van der Waals surface area contributed by atoms with Gasteiger partial charge in [0.2, 0.25) is 6.29 Å². The maximum Gasteiger partial charge on any atom is 0.202 e. The van der Waals surface area contributed by atoms with Crippen LogP contribution in [0.3, 0.4) is 0 Å². The van der Waals surface area contributed by atoms with Crippen molar-refractivity contribution in [3.63, 3.8) is 0 Å². The van der Waals surface area contributed by atoms with Crippen molar-refractivity contribution < 1.29 is 9.47 Å². The minimum atomic E-state index is -0.181. The van der Waals surface area contributed by atoms with Crippen LogP contribution in [0.4, 0.5) is 0 Å². The van der Waals surface area contributed by atoms with Gasteiger partial charge in [-0.2, -0.15) is 0 Å². The standard InChI is InChI=1S/C14H20O2/c1-5-12-7-9-13(10-8-12)16-14(11(3)4)15-6-2/h5,7-11,14H,1,6H2,2-4H3. The average molecular weight is 220 g/mol. The van der Waals surface area contributed by atoms with Gasteiger partial charge in [-0.3, -0.25) is 0 Å². The lowest BCUT2D eigenvalue weighted by atomic mass is 10.2. The van der Waals surface area contributed by atoms with Gasteiger partial charge in [0.05, 0.1) is 0 Å². The van der Waals surface area contributed by atoms with E-state index in [4.69, 9.17) is 9.47 Å². The van der Waals surface area contributed by atoms with Crippen LogP contribution in [0.1, 0.15) is 26.3 Å². The Labute approximate surface area is 97.9 Å². The Hall–Kier alpha value is -1.28. The Morgan fingerprint density at radius 3 is 2.31 bits per heavy atom. The molecule has 0 aliphatic carbocycles. The van der Waals surface area contributed by atoms with Gasteiger partial charge in [0.25, 0.3) is 0 Å². The van der Waals surface area contributed by atoms with Crippen LogP contribution in [0.25, 0.3) is 6.08 Å². The highest BCUT2D eigenvalue weighted by Crippen LogP contribution is 2.18. The quantitative estimate of drug-likeness (QED) is 0.680. The predicted octanol–water partition coefficient (Wildman–Crippen LogP) is 3.73. The van der Waals surface area contributed by atoms with Crippen LogP contribution in [0.15, 0.2) is 30.8 Å². The molecule has 0 saturated carbocycles. The van der Waals surface area contributed by atoms with E-state index in [1.54, 1.807) is 0 Å². The topological polar surface area (TPSA) is 18.5 Å². The van der Waals surface area contributed by atoms with E-state index in [1.807, 2.05) is 37.3 Å². The van der Waals surface area contributed by atoms with Gasteiger partial charge in [-0.1, -0.05) is 38.6 Å². The van der Waals surface area contributed by atoms with Crippen LogP contribution >= 0.6 is 0 Å². The molecule has 0 N–H and O–H groups in total. The predicted molar refractivity (Wildman–Crippen MR) is 67.4 cm³/mol. The Morgan fingerprint density at radius 1 is 1.25 bits per heavy atom. The van der Waals surface area contributed by atoms with E-state index >= 15 is 0 Å². The maximum absolute atomic E-state index is 5.76. The second-order valence-corrected chi connectivity index (χ2v) is 3.96. The first-order valence-corrected chi connectivity index (χ1v) is 5.68. The summed E-state index contributed by atoms with van der Waals surface area (Å²) in [7, 11) is 0. The van der Waals surface area contributed by atoms with E-state index in [-0.39, 0.29) is 6.29 Å². The molecule has 0 saturated heterocycles. The molecule has 0 fully saturated rings. The second kappa shape index (κ2) is 6.33. The van der Waals surface area contributed by atoms with Gasteiger partial charge in [0.1, 0.15) is 5.75 Å². The van der Waals surface area contributed by atoms with Crippen LogP contribution < -0.4 is 4.74 Å². The molecule has 2 nitrogen and oxygen atoms in total. The second-order valence-electron chi connectivity index (χ2n) is 3.96. The van der Waals surface area contributed by atoms with Crippen LogP contribution in [0.2, 0.25) is 0 Å². The number of rotatable bonds is 6. The molecule has 0 aromatic heterocycles. The summed E-state index contributed by atoms with van der Waals surface area (Å²) < 4.78 is 11.3. The Morgan fingerprint density at radius 2 is 1.88 bits per heavy atom. The van der Waals surface area contributed by atoms with Gasteiger partial charge >= 0.3 is 0 Å². The lowest BCUT2D eigenvalue weighted by Crippen LogP contribution is -2.26. The third-order valence-corrected chi connectivity index (χ3v) is 2.24. The van der Waals surface area contributed by atoms with Crippen molar-refractivity contribution in [2.45, 2.75) is 27.1 Å². The third kappa shape index (κ3) is 3.70. The molecular weight excluding hydrogens is 200 g/mol. The third-order valence-electron chi connectivity index (χ3n) is 2.24. The Balaban J connectivity index is 2.65. The summed E-state index contributed by atoms with van der Waals surface area (Å²) in [6.45, 7) is 10.5. The van der Waals surface area contributed by atoms with Crippen LogP contribution in [0, 0.1) is 5.92 Å². The normalized spacial score (nSPS) is 12.5. The van der Waals surface area contributed by atoms with Gasteiger partial charge < -0.3 is 9.47 Å². The fourth-order valence-electron chi connectivity index (χ4n) is 1.34. The van der Waals surface area contributed by atoms with Gasteiger partial charge in [0, 0.05) is 12.5 Å². The van der Waals surface area contributed by atoms with Crippen molar-refractivity contribution in [2.24, 2.45) is 5.92 Å². The van der Waals surface area contributed by atoms with Crippen LogP contribution in [-0.4, -0.2) is 12.9 Å². The molecule has 1 atom stereocenters. The Kier molecular flexibility index (Phi) is 5.06. The minimum Gasteiger partial charge on any atom is -0.465 e. The van der Waals surface area contributed by atoms with E-state index in [0.717, 1.165) is 11.3 Å². The molecule has 0 amide bonds. The van der Waals surface area contributed by atoms with E-state index in [0.29, 0.717) is 12.5 Å². The average Bonchev–Trinajstić information content (AvgIpc) is 2.29. The first-order valence-electron chi connectivity index (χ1n) is 5.68. The zero-order chi connectivity index (χ0) is 12.0. The molecule has 2 heteroatoms. The summed E-state index contributed by atoms with van der Waals surface area (Å²) in [5, 5.41) is 0. The fraction of sp³-hybridized carbons (Fsp3) is 0.429. The van der Waals surface area contributed by atoms with Crippen molar-refractivity contribution in [1.82, 2.24) is 0 Å². The SMILES string of the molecule is C=Cc1ccc(OC(OCC)C(C)C)cc1. The van der Waals surface area contributed by atoms with Crippen LogP contribution in [-0.2, 0) is 4.74 Å². The first kappa shape index (κ1) is 12.8. The van der Waals surface area contributed by atoms with Crippen LogP contribution in [0.5, 0.6) is 5.75 Å². The summed E-state index contributed by atoms with van der Waals surface area (Å²) in [5.74, 6) is 1.16. The molecule has 0 heterocycles. The monoisotopic (exact) mass is 220 g/mol.